The molecule has 1 atom stereocenters. The van der Waals surface area contributed by atoms with Gasteiger partial charge in [-0.25, -0.2) is 0 Å². The summed E-state index contributed by atoms with van der Waals surface area (Å²) in [6.07, 6.45) is 0.407. The predicted octanol–water partition coefficient (Wildman–Crippen LogP) is 2.26. The molecular weight excluding hydrogens is 303 g/mol. The van der Waals surface area contributed by atoms with Gasteiger partial charge >= 0.3 is 0 Å². The summed E-state index contributed by atoms with van der Waals surface area (Å²) < 4.78 is 31.2. The quantitative estimate of drug-likeness (QED) is 0.836. The minimum Gasteiger partial charge on any atom is -0.485 e. The standard InChI is InChI=1S/C9H10Cl2O2.CH4O3S/c1-6(5-12)13-9-7(10)3-2-4-8(9)11;1-5(2,3)4/h2-4,6,12H,5H2,1H3;1H3,(H,2,3,4). The number of benzene rings is 1. The number of aliphatic hydroxyl groups excluding tert-OH is 1. The van der Waals surface area contributed by atoms with E-state index in [-0.39, 0.29) is 12.7 Å². The molecule has 1 rings (SSSR count). The molecule has 18 heavy (non-hydrogen) atoms. The highest BCUT2D eigenvalue weighted by atomic mass is 35.5. The minimum atomic E-state index is -3.67. The van der Waals surface area contributed by atoms with Crippen LogP contribution in [0, 0.1) is 0 Å². The summed E-state index contributed by atoms with van der Waals surface area (Å²) in [5.74, 6) is 0.424. The third kappa shape index (κ3) is 8.54. The van der Waals surface area contributed by atoms with Gasteiger partial charge in [-0.1, -0.05) is 29.3 Å². The molecule has 2 N–H and O–H groups in total. The molecule has 1 aromatic carbocycles. The number of hydrogen-bond donors (Lipinski definition) is 2. The summed E-state index contributed by atoms with van der Waals surface area (Å²) in [5.41, 5.74) is 0. The molecule has 0 aliphatic rings. The molecule has 0 spiro atoms. The molecule has 0 fully saturated rings. The lowest BCUT2D eigenvalue weighted by atomic mass is 10.3. The number of halogens is 2. The van der Waals surface area contributed by atoms with E-state index in [1.165, 1.54) is 0 Å². The van der Waals surface area contributed by atoms with Crippen LogP contribution in [0.2, 0.25) is 10.0 Å². The van der Waals surface area contributed by atoms with Gasteiger partial charge in [0.05, 0.1) is 22.9 Å². The van der Waals surface area contributed by atoms with Crippen LogP contribution in [-0.2, 0) is 10.1 Å². The van der Waals surface area contributed by atoms with Crippen molar-refractivity contribution < 1.29 is 22.8 Å². The average molecular weight is 317 g/mol. The van der Waals surface area contributed by atoms with Crippen LogP contribution in [0.1, 0.15) is 6.92 Å². The third-order valence-corrected chi connectivity index (χ3v) is 2.09. The van der Waals surface area contributed by atoms with Crippen LogP contribution in [0.3, 0.4) is 0 Å². The summed E-state index contributed by atoms with van der Waals surface area (Å²) in [7, 11) is -3.67. The molecule has 0 bridgehead atoms. The van der Waals surface area contributed by atoms with Gasteiger partial charge in [0.2, 0.25) is 0 Å². The first-order valence-electron chi connectivity index (χ1n) is 4.79. The molecule has 1 aromatic rings. The van der Waals surface area contributed by atoms with Gasteiger partial charge in [0.15, 0.2) is 5.75 Å². The Morgan fingerprint density at radius 1 is 1.33 bits per heavy atom. The second kappa shape index (κ2) is 7.81. The monoisotopic (exact) mass is 316 g/mol. The lowest BCUT2D eigenvalue weighted by molar-refractivity contribution is 0.130. The highest BCUT2D eigenvalue weighted by molar-refractivity contribution is 7.85. The van der Waals surface area contributed by atoms with Crippen molar-refractivity contribution in [3.63, 3.8) is 0 Å². The summed E-state index contributed by atoms with van der Waals surface area (Å²) in [5, 5.41) is 9.67. The molecule has 0 aromatic heterocycles. The van der Waals surface area contributed by atoms with E-state index in [4.69, 9.17) is 37.6 Å². The number of hydrogen-bond acceptors (Lipinski definition) is 4. The van der Waals surface area contributed by atoms with Crippen LogP contribution < -0.4 is 4.74 Å². The molecule has 5 nitrogen and oxygen atoms in total. The van der Waals surface area contributed by atoms with Crippen LogP contribution >= 0.6 is 23.2 Å². The van der Waals surface area contributed by atoms with Gasteiger partial charge in [0.25, 0.3) is 10.1 Å². The van der Waals surface area contributed by atoms with E-state index >= 15 is 0 Å². The van der Waals surface area contributed by atoms with Gasteiger partial charge in [-0.05, 0) is 19.1 Å². The van der Waals surface area contributed by atoms with Gasteiger partial charge in [-0.15, -0.1) is 0 Å². The van der Waals surface area contributed by atoms with E-state index in [1.807, 2.05) is 0 Å². The topological polar surface area (TPSA) is 83.8 Å². The molecule has 0 saturated heterocycles. The first-order chi connectivity index (χ1) is 8.15. The van der Waals surface area contributed by atoms with Crippen molar-refractivity contribution in [2.75, 3.05) is 12.9 Å². The third-order valence-electron chi connectivity index (χ3n) is 1.50. The van der Waals surface area contributed by atoms with E-state index in [1.54, 1.807) is 25.1 Å². The van der Waals surface area contributed by atoms with Gasteiger partial charge in [-0.2, -0.15) is 8.42 Å². The highest BCUT2D eigenvalue weighted by Crippen LogP contribution is 2.32. The van der Waals surface area contributed by atoms with Gasteiger partial charge in [0.1, 0.15) is 6.10 Å². The molecular formula is C10H14Cl2O5S. The lowest BCUT2D eigenvalue weighted by Gasteiger charge is -2.14. The summed E-state index contributed by atoms with van der Waals surface area (Å²) in [6, 6.07) is 5.11. The van der Waals surface area contributed by atoms with E-state index in [9.17, 15) is 8.42 Å². The Bertz CT molecular complexity index is 447. The van der Waals surface area contributed by atoms with Crippen LogP contribution in [0.15, 0.2) is 18.2 Å². The minimum absolute atomic E-state index is 0.0679. The molecule has 0 saturated carbocycles. The second-order valence-electron chi connectivity index (χ2n) is 3.39. The molecule has 104 valence electrons. The Morgan fingerprint density at radius 3 is 2.06 bits per heavy atom. The van der Waals surface area contributed by atoms with Gasteiger partial charge < -0.3 is 9.84 Å². The molecule has 0 aliphatic carbocycles. The van der Waals surface area contributed by atoms with E-state index in [0.717, 1.165) is 0 Å². The van der Waals surface area contributed by atoms with Gasteiger partial charge in [-0.3, -0.25) is 4.55 Å². The van der Waals surface area contributed by atoms with E-state index < -0.39 is 10.1 Å². The maximum absolute atomic E-state index is 9.19. The summed E-state index contributed by atoms with van der Waals surface area (Å²) >= 11 is 11.7. The molecule has 0 aliphatic heterocycles. The Balaban J connectivity index is 0.000000494. The molecule has 0 radical (unpaired) electrons. The van der Waals surface area contributed by atoms with Crippen molar-refractivity contribution in [3.05, 3.63) is 28.2 Å². The molecule has 0 amide bonds. The van der Waals surface area contributed by atoms with Crippen molar-refractivity contribution >= 4 is 33.3 Å². The zero-order valence-corrected chi connectivity index (χ0v) is 12.1. The van der Waals surface area contributed by atoms with Crippen LogP contribution in [0.4, 0.5) is 0 Å². The van der Waals surface area contributed by atoms with Crippen molar-refractivity contribution in [2.45, 2.75) is 13.0 Å². The summed E-state index contributed by atoms with van der Waals surface area (Å²) in [6.45, 7) is 1.67. The highest BCUT2D eigenvalue weighted by Gasteiger charge is 2.09. The number of rotatable bonds is 3. The van der Waals surface area contributed by atoms with Crippen molar-refractivity contribution in [1.29, 1.82) is 0 Å². The maximum atomic E-state index is 9.19. The average Bonchev–Trinajstić information content (AvgIpc) is 2.21. The van der Waals surface area contributed by atoms with E-state index in [0.29, 0.717) is 22.1 Å². The zero-order valence-electron chi connectivity index (χ0n) is 9.80. The molecule has 8 heteroatoms. The smallest absolute Gasteiger partial charge is 0.261 e. The Morgan fingerprint density at radius 2 is 1.72 bits per heavy atom. The molecule has 1 unspecified atom stereocenters. The first-order valence-corrected chi connectivity index (χ1v) is 7.39. The van der Waals surface area contributed by atoms with Crippen LogP contribution in [0.25, 0.3) is 0 Å². The Hall–Kier alpha value is -0.530. The fraction of sp³-hybridized carbons (Fsp3) is 0.400. The van der Waals surface area contributed by atoms with Crippen LogP contribution in [-0.4, -0.2) is 37.0 Å². The van der Waals surface area contributed by atoms with E-state index in [2.05, 4.69) is 0 Å². The first kappa shape index (κ1) is 17.5. The summed E-state index contributed by atoms with van der Waals surface area (Å²) in [4.78, 5) is 0. The number of ether oxygens (including phenoxy) is 1. The number of aliphatic hydroxyl groups is 1. The fourth-order valence-electron chi connectivity index (χ4n) is 0.834. The van der Waals surface area contributed by atoms with Crippen molar-refractivity contribution in [2.24, 2.45) is 0 Å². The Kier molecular flexibility index (Phi) is 7.58. The fourth-order valence-corrected chi connectivity index (χ4v) is 1.32. The van der Waals surface area contributed by atoms with Crippen LogP contribution in [0.5, 0.6) is 5.75 Å². The normalized spacial score (nSPS) is 12.3. The van der Waals surface area contributed by atoms with Crippen molar-refractivity contribution in [3.8, 4) is 5.75 Å². The largest absolute Gasteiger partial charge is 0.485 e. The maximum Gasteiger partial charge on any atom is 0.261 e. The zero-order chi connectivity index (χ0) is 14.3. The SMILES string of the molecule is CC(CO)Oc1c(Cl)cccc1Cl.CS(=O)(=O)O. The molecule has 0 heterocycles. The lowest BCUT2D eigenvalue weighted by Crippen LogP contribution is -2.16. The van der Waals surface area contributed by atoms with Gasteiger partial charge in [0, 0.05) is 0 Å². The van der Waals surface area contributed by atoms with Crippen molar-refractivity contribution in [1.82, 2.24) is 0 Å². The number of para-hydroxylation sites is 1. The Labute approximate surface area is 116 Å². The predicted molar refractivity (Wildman–Crippen MR) is 71.1 cm³/mol. The second-order valence-corrected chi connectivity index (χ2v) is 5.68.